The van der Waals surface area contributed by atoms with E-state index in [4.69, 9.17) is 23.2 Å². The van der Waals surface area contributed by atoms with Crippen molar-refractivity contribution >= 4 is 41.0 Å². The van der Waals surface area contributed by atoms with E-state index in [9.17, 15) is 14.4 Å². The molecule has 0 aromatic heterocycles. The van der Waals surface area contributed by atoms with Gasteiger partial charge in [0.2, 0.25) is 5.91 Å². The van der Waals surface area contributed by atoms with Crippen molar-refractivity contribution in [2.75, 3.05) is 20.1 Å². The second-order valence-electron chi connectivity index (χ2n) is 7.80. The van der Waals surface area contributed by atoms with Gasteiger partial charge in [0.05, 0.1) is 23.9 Å². The van der Waals surface area contributed by atoms with E-state index in [0.717, 1.165) is 0 Å². The van der Waals surface area contributed by atoms with Gasteiger partial charge in [-0.25, -0.2) is 4.79 Å². The fraction of sp³-hybridized carbons (Fsp3) is 0.476. The molecular formula is C21H26Cl2N4O3. The fourth-order valence-electron chi connectivity index (χ4n) is 3.81. The number of likely N-dealkylation sites (N-methyl/N-ethyl adjacent to an activating group) is 2. The highest BCUT2D eigenvalue weighted by molar-refractivity contribution is 6.35. The van der Waals surface area contributed by atoms with E-state index in [1.54, 1.807) is 37.1 Å². The van der Waals surface area contributed by atoms with Gasteiger partial charge in [-0.1, -0.05) is 29.3 Å². The number of carbonyl (C=O) groups is 3. The summed E-state index contributed by atoms with van der Waals surface area (Å²) in [7, 11) is 1.72. The summed E-state index contributed by atoms with van der Waals surface area (Å²) in [6, 6.07) is 3.30. The molecule has 0 spiro atoms. The van der Waals surface area contributed by atoms with Gasteiger partial charge in [0.25, 0.3) is 5.91 Å². The van der Waals surface area contributed by atoms with E-state index in [1.165, 1.54) is 9.80 Å². The lowest BCUT2D eigenvalue weighted by molar-refractivity contribution is -0.142. The Hall–Kier alpha value is -2.25. The van der Waals surface area contributed by atoms with Crippen LogP contribution in [-0.4, -0.2) is 64.8 Å². The zero-order valence-electron chi connectivity index (χ0n) is 17.7. The molecule has 0 bridgehead atoms. The van der Waals surface area contributed by atoms with Crippen molar-refractivity contribution in [3.05, 3.63) is 45.1 Å². The minimum Gasteiger partial charge on any atom is -0.342 e. The summed E-state index contributed by atoms with van der Waals surface area (Å²) in [5.41, 5.74) is 1.63. The molecule has 1 N–H and O–H groups in total. The normalized spacial score (nSPS) is 19.9. The van der Waals surface area contributed by atoms with E-state index in [2.05, 4.69) is 5.32 Å². The number of amides is 4. The van der Waals surface area contributed by atoms with Crippen molar-refractivity contribution in [1.82, 2.24) is 20.0 Å². The molecule has 0 aliphatic carbocycles. The number of hydrogen-bond donors (Lipinski definition) is 1. The van der Waals surface area contributed by atoms with Gasteiger partial charge in [0, 0.05) is 29.7 Å². The molecule has 2 atom stereocenters. The van der Waals surface area contributed by atoms with Crippen LogP contribution in [-0.2, 0) is 9.59 Å². The molecule has 0 radical (unpaired) electrons. The number of benzene rings is 1. The summed E-state index contributed by atoms with van der Waals surface area (Å²) in [6.07, 6.45) is 0. The minimum absolute atomic E-state index is 0.0104. The largest absolute Gasteiger partial charge is 0.342 e. The summed E-state index contributed by atoms with van der Waals surface area (Å²) in [4.78, 5) is 43.7. The van der Waals surface area contributed by atoms with Crippen molar-refractivity contribution in [1.29, 1.82) is 0 Å². The Labute approximate surface area is 186 Å². The van der Waals surface area contributed by atoms with E-state index < -0.39 is 12.1 Å². The van der Waals surface area contributed by atoms with E-state index in [-0.39, 0.29) is 30.4 Å². The number of carbonyl (C=O) groups excluding carboxylic acids is 3. The maximum absolute atomic E-state index is 13.5. The summed E-state index contributed by atoms with van der Waals surface area (Å²) in [6.45, 7) is 7.98. The second-order valence-corrected chi connectivity index (χ2v) is 8.65. The van der Waals surface area contributed by atoms with Crippen LogP contribution >= 0.6 is 23.2 Å². The molecule has 30 heavy (non-hydrogen) atoms. The van der Waals surface area contributed by atoms with Crippen molar-refractivity contribution in [3.8, 4) is 0 Å². The molecule has 0 fully saturated rings. The standard InChI is InChI=1S/C21H26Cl2N4O3/c1-6-26-16-10-27(12(4)19(28)25(5)11(2)3)20(29)17(16)18(24-21(26)30)14-8-7-13(22)9-15(14)23/h7-9,11-12,18H,6,10H2,1-5H3,(H,24,30). The molecule has 9 heteroatoms. The number of nitrogens with zero attached hydrogens (tertiary/aromatic N) is 3. The highest BCUT2D eigenvalue weighted by Gasteiger charge is 2.46. The van der Waals surface area contributed by atoms with Gasteiger partial charge in [0.15, 0.2) is 0 Å². The molecule has 7 nitrogen and oxygen atoms in total. The first-order valence-corrected chi connectivity index (χ1v) is 10.7. The summed E-state index contributed by atoms with van der Waals surface area (Å²) in [5.74, 6) is -0.431. The van der Waals surface area contributed by atoms with Crippen LogP contribution in [0, 0.1) is 0 Å². The monoisotopic (exact) mass is 452 g/mol. The lowest BCUT2D eigenvalue weighted by atomic mass is 9.95. The molecule has 162 valence electrons. The molecule has 1 aromatic rings. The van der Waals surface area contributed by atoms with Crippen LogP contribution in [0.1, 0.15) is 39.3 Å². The minimum atomic E-state index is -0.706. The number of hydrogen-bond acceptors (Lipinski definition) is 3. The molecule has 2 aliphatic heterocycles. The third-order valence-corrected chi connectivity index (χ3v) is 6.35. The van der Waals surface area contributed by atoms with Gasteiger partial charge in [-0.15, -0.1) is 0 Å². The number of rotatable bonds is 5. The van der Waals surface area contributed by atoms with E-state index in [1.807, 2.05) is 20.8 Å². The molecular weight excluding hydrogens is 427 g/mol. The first kappa shape index (κ1) is 22.4. The van der Waals surface area contributed by atoms with Crippen LogP contribution in [0.2, 0.25) is 10.0 Å². The summed E-state index contributed by atoms with van der Waals surface area (Å²) >= 11 is 12.4. The van der Waals surface area contributed by atoms with Crippen LogP contribution < -0.4 is 5.32 Å². The predicted molar refractivity (Wildman–Crippen MR) is 116 cm³/mol. The highest BCUT2D eigenvalue weighted by Crippen LogP contribution is 2.39. The molecule has 1 aromatic carbocycles. The molecule has 2 unspecified atom stereocenters. The lowest BCUT2D eigenvalue weighted by Crippen LogP contribution is -2.49. The van der Waals surface area contributed by atoms with Gasteiger partial charge in [-0.2, -0.15) is 0 Å². The molecule has 0 saturated carbocycles. The van der Waals surface area contributed by atoms with Crippen molar-refractivity contribution in [2.45, 2.75) is 45.8 Å². The highest BCUT2D eigenvalue weighted by atomic mass is 35.5. The van der Waals surface area contributed by atoms with Crippen molar-refractivity contribution in [3.63, 3.8) is 0 Å². The zero-order valence-corrected chi connectivity index (χ0v) is 19.2. The average Bonchev–Trinajstić information content (AvgIpc) is 3.03. The average molecular weight is 453 g/mol. The second kappa shape index (κ2) is 8.47. The van der Waals surface area contributed by atoms with Gasteiger partial charge in [-0.3, -0.25) is 14.5 Å². The maximum atomic E-state index is 13.5. The first-order valence-electron chi connectivity index (χ1n) is 9.92. The van der Waals surface area contributed by atoms with Gasteiger partial charge >= 0.3 is 6.03 Å². The third kappa shape index (κ3) is 3.76. The van der Waals surface area contributed by atoms with Crippen LogP contribution in [0.3, 0.4) is 0 Å². The molecule has 0 saturated heterocycles. The lowest BCUT2D eigenvalue weighted by Gasteiger charge is -2.33. The molecule has 2 aliphatic rings. The van der Waals surface area contributed by atoms with E-state index in [0.29, 0.717) is 33.4 Å². The number of halogens is 2. The summed E-state index contributed by atoms with van der Waals surface area (Å²) in [5, 5.41) is 3.71. The van der Waals surface area contributed by atoms with Crippen LogP contribution in [0.15, 0.2) is 29.5 Å². The fourth-order valence-corrected chi connectivity index (χ4v) is 4.33. The number of nitrogens with one attached hydrogen (secondary N) is 1. The van der Waals surface area contributed by atoms with Crippen molar-refractivity contribution in [2.24, 2.45) is 0 Å². The topological polar surface area (TPSA) is 73.0 Å². The Morgan fingerprint density at radius 1 is 1.27 bits per heavy atom. The van der Waals surface area contributed by atoms with Crippen molar-refractivity contribution < 1.29 is 14.4 Å². The zero-order chi connectivity index (χ0) is 22.3. The Morgan fingerprint density at radius 3 is 2.50 bits per heavy atom. The maximum Gasteiger partial charge on any atom is 0.322 e. The smallest absolute Gasteiger partial charge is 0.322 e. The van der Waals surface area contributed by atoms with Crippen LogP contribution in [0.5, 0.6) is 0 Å². The number of urea groups is 1. The first-order chi connectivity index (χ1) is 14.1. The van der Waals surface area contributed by atoms with Gasteiger partial charge < -0.3 is 15.1 Å². The summed E-state index contributed by atoms with van der Waals surface area (Å²) < 4.78 is 0. The molecule has 4 amide bonds. The van der Waals surface area contributed by atoms with Crippen LogP contribution in [0.4, 0.5) is 4.79 Å². The Bertz CT molecular complexity index is 931. The Kier molecular flexibility index (Phi) is 6.34. The van der Waals surface area contributed by atoms with Crippen LogP contribution in [0.25, 0.3) is 0 Å². The molecule has 2 heterocycles. The van der Waals surface area contributed by atoms with Gasteiger partial charge in [-0.05, 0) is 45.4 Å². The third-order valence-electron chi connectivity index (χ3n) is 5.79. The predicted octanol–water partition coefficient (Wildman–Crippen LogP) is 3.43. The Balaban J connectivity index is 2.01. The van der Waals surface area contributed by atoms with Gasteiger partial charge in [0.1, 0.15) is 6.04 Å². The Morgan fingerprint density at radius 2 is 1.93 bits per heavy atom. The quantitative estimate of drug-likeness (QED) is 0.743. The van der Waals surface area contributed by atoms with E-state index >= 15 is 0 Å². The molecule has 3 rings (SSSR count). The SMILES string of the molecule is CCN1C(=O)NC(c2ccc(Cl)cc2Cl)C2=C1CN(C(C)C(=O)N(C)C(C)C)C2=O.